The largest absolute Gasteiger partial charge is 0.321 e. The van der Waals surface area contributed by atoms with Crippen LogP contribution in [-0.2, 0) is 0 Å². The van der Waals surface area contributed by atoms with Gasteiger partial charge in [-0.15, -0.1) is 0 Å². The molecule has 2 rings (SSSR count). The molecule has 0 aromatic heterocycles. The van der Waals surface area contributed by atoms with Crippen molar-refractivity contribution in [3.8, 4) is 0 Å². The second-order valence-corrected chi connectivity index (χ2v) is 5.46. The number of rotatable bonds is 2. The summed E-state index contributed by atoms with van der Waals surface area (Å²) in [4.78, 5) is 12.0. The maximum atomic E-state index is 13.1. The average Bonchev–Trinajstić information content (AvgIpc) is 2.32. The highest BCUT2D eigenvalue weighted by Crippen LogP contribution is 2.25. The fourth-order valence-corrected chi connectivity index (χ4v) is 2.34. The van der Waals surface area contributed by atoms with Crippen molar-refractivity contribution in [3.63, 3.8) is 0 Å². The van der Waals surface area contributed by atoms with Crippen molar-refractivity contribution in [1.29, 1.82) is 0 Å². The molecule has 0 aliphatic heterocycles. The molecule has 19 heavy (non-hydrogen) atoms. The third kappa shape index (κ3) is 3.69. The van der Waals surface area contributed by atoms with Gasteiger partial charge in [0.15, 0.2) is 0 Å². The molecule has 0 saturated heterocycles. The Hall–Kier alpha value is -1.10. The van der Waals surface area contributed by atoms with E-state index in [9.17, 15) is 9.18 Å². The summed E-state index contributed by atoms with van der Waals surface area (Å²) in [7, 11) is 0. The standard InChI is InChI=1S/C13H7BrCl2FNO/c14-11-2-1-10(17)6-12(11)18-13(19)7-3-8(15)5-9(16)4-7/h1-6H,(H,18,19). The van der Waals surface area contributed by atoms with E-state index in [0.717, 1.165) is 0 Å². The van der Waals surface area contributed by atoms with Gasteiger partial charge in [0.2, 0.25) is 0 Å². The first-order valence-corrected chi connectivity index (χ1v) is 6.73. The van der Waals surface area contributed by atoms with E-state index in [2.05, 4.69) is 21.2 Å². The minimum absolute atomic E-state index is 0.300. The number of carbonyl (C=O) groups excluding carboxylic acids is 1. The Morgan fingerprint density at radius 2 is 1.74 bits per heavy atom. The number of benzene rings is 2. The Morgan fingerprint density at radius 1 is 1.11 bits per heavy atom. The van der Waals surface area contributed by atoms with Gasteiger partial charge in [0.25, 0.3) is 5.91 Å². The van der Waals surface area contributed by atoms with Gasteiger partial charge in [-0.25, -0.2) is 4.39 Å². The molecule has 0 aliphatic carbocycles. The molecule has 0 spiro atoms. The van der Waals surface area contributed by atoms with Crippen LogP contribution in [0.15, 0.2) is 40.9 Å². The molecule has 0 unspecified atom stereocenters. The number of hydrogen-bond acceptors (Lipinski definition) is 1. The fraction of sp³-hybridized carbons (Fsp3) is 0. The van der Waals surface area contributed by atoms with Crippen LogP contribution in [0.4, 0.5) is 10.1 Å². The first kappa shape index (κ1) is 14.3. The first-order valence-electron chi connectivity index (χ1n) is 5.18. The quantitative estimate of drug-likeness (QED) is 0.786. The SMILES string of the molecule is O=C(Nc1cc(F)ccc1Br)c1cc(Cl)cc(Cl)c1. The number of hydrogen-bond donors (Lipinski definition) is 1. The molecule has 0 aliphatic rings. The van der Waals surface area contributed by atoms with Gasteiger partial charge in [0.1, 0.15) is 5.82 Å². The minimum Gasteiger partial charge on any atom is -0.321 e. The van der Waals surface area contributed by atoms with Crippen molar-refractivity contribution in [2.24, 2.45) is 0 Å². The molecule has 0 radical (unpaired) electrons. The summed E-state index contributed by atoms with van der Waals surface area (Å²) in [6, 6.07) is 8.50. The molecule has 0 atom stereocenters. The summed E-state index contributed by atoms with van der Waals surface area (Å²) in [5.41, 5.74) is 0.634. The lowest BCUT2D eigenvalue weighted by atomic mass is 10.2. The molecule has 0 saturated carbocycles. The van der Waals surface area contributed by atoms with Crippen LogP contribution in [0.25, 0.3) is 0 Å². The highest BCUT2D eigenvalue weighted by Gasteiger charge is 2.10. The van der Waals surface area contributed by atoms with Crippen molar-refractivity contribution >= 4 is 50.7 Å². The van der Waals surface area contributed by atoms with Gasteiger partial charge < -0.3 is 5.32 Å². The van der Waals surface area contributed by atoms with Crippen LogP contribution in [0.3, 0.4) is 0 Å². The van der Waals surface area contributed by atoms with Gasteiger partial charge in [-0.05, 0) is 52.3 Å². The Balaban J connectivity index is 2.28. The van der Waals surface area contributed by atoms with E-state index in [0.29, 0.717) is 25.8 Å². The van der Waals surface area contributed by atoms with E-state index in [1.165, 1.54) is 36.4 Å². The predicted octanol–water partition coefficient (Wildman–Crippen LogP) is 5.15. The van der Waals surface area contributed by atoms with Crippen LogP contribution >= 0.6 is 39.1 Å². The lowest BCUT2D eigenvalue weighted by Crippen LogP contribution is -2.12. The molecule has 0 heterocycles. The lowest BCUT2D eigenvalue weighted by Gasteiger charge is -2.08. The summed E-state index contributed by atoms with van der Waals surface area (Å²) < 4.78 is 13.7. The lowest BCUT2D eigenvalue weighted by molar-refractivity contribution is 0.102. The summed E-state index contributed by atoms with van der Waals surface area (Å²) in [6.45, 7) is 0. The molecule has 98 valence electrons. The van der Waals surface area contributed by atoms with Crippen LogP contribution in [0.2, 0.25) is 10.0 Å². The van der Waals surface area contributed by atoms with Crippen LogP contribution < -0.4 is 5.32 Å². The smallest absolute Gasteiger partial charge is 0.255 e. The van der Waals surface area contributed by atoms with Gasteiger partial charge in [-0.3, -0.25) is 4.79 Å². The van der Waals surface area contributed by atoms with Crippen molar-refractivity contribution in [3.05, 3.63) is 62.3 Å². The van der Waals surface area contributed by atoms with E-state index in [1.54, 1.807) is 0 Å². The molecule has 1 amide bonds. The maximum Gasteiger partial charge on any atom is 0.255 e. The summed E-state index contributed by atoms with van der Waals surface area (Å²) in [6.07, 6.45) is 0. The molecule has 2 nitrogen and oxygen atoms in total. The molecule has 2 aromatic carbocycles. The molecule has 0 fully saturated rings. The molecule has 2 aromatic rings. The maximum absolute atomic E-state index is 13.1. The Kier molecular flexibility index (Phi) is 4.45. The van der Waals surface area contributed by atoms with Gasteiger partial charge >= 0.3 is 0 Å². The topological polar surface area (TPSA) is 29.1 Å². The Morgan fingerprint density at radius 3 is 2.37 bits per heavy atom. The molecular formula is C13H7BrCl2FNO. The molecule has 0 bridgehead atoms. The van der Waals surface area contributed by atoms with Gasteiger partial charge in [0, 0.05) is 20.1 Å². The second kappa shape index (κ2) is 5.90. The Bertz CT molecular complexity index is 628. The molecule has 1 N–H and O–H groups in total. The van der Waals surface area contributed by atoms with Crippen LogP contribution in [0, 0.1) is 5.82 Å². The van der Waals surface area contributed by atoms with E-state index in [-0.39, 0.29) is 0 Å². The van der Waals surface area contributed by atoms with Crippen molar-refractivity contribution in [1.82, 2.24) is 0 Å². The number of carbonyl (C=O) groups is 1. The molecular weight excluding hydrogens is 356 g/mol. The third-order valence-electron chi connectivity index (χ3n) is 2.30. The highest BCUT2D eigenvalue weighted by molar-refractivity contribution is 9.10. The zero-order valence-electron chi connectivity index (χ0n) is 9.38. The number of anilines is 1. The van der Waals surface area contributed by atoms with E-state index in [1.807, 2.05) is 0 Å². The monoisotopic (exact) mass is 361 g/mol. The Labute approximate surface area is 127 Å². The minimum atomic E-state index is -0.442. The van der Waals surface area contributed by atoms with Crippen molar-refractivity contribution < 1.29 is 9.18 Å². The fourth-order valence-electron chi connectivity index (χ4n) is 1.47. The van der Waals surface area contributed by atoms with E-state index in [4.69, 9.17) is 23.2 Å². The van der Waals surface area contributed by atoms with Crippen LogP contribution in [0.5, 0.6) is 0 Å². The summed E-state index contributed by atoms with van der Waals surface area (Å²) in [5, 5.41) is 3.29. The van der Waals surface area contributed by atoms with Crippen LogP contribution in [-0.4, -0.2) is 5.91 Å². The number of amides is 1. The summed E-state index contributed by atoms with van der Waals surface area (Å²) >= 11 is 14.9. The average molecular weight is 363 g/mol. The van der Waals surface area contributed by atoms with E-state index >= 15 is 0 Å². The van der Waals surface area contributed by atoms with E-state index < -0.39 is 11.7 Å². The highest BCUT2D eigenvalue weighted by atomic mass is 79.9. The van der Waals surface area contributed by atoms with Gasteiger partial charge in [0.05, 0.1) is 5.69 Å². The van der Waals surface area contributed by atoms with Gasteiger partial charge in [-0.2, -0.15) is 0 Å². The first-order chi connectivity index (χ1) is 8.95. The van der Waals surface area contributed by atoms with Crippen molar-refractivity contribution in [2.45, 2.75) is 0 Å². The zero-order chi connectivity index (χ0) is 14.0. The summed E-state index contributed by atoms with van der Waals surface area (Å²) in [5.74, 6) is -0.863. The number of halogens is 4. The zero-order valence-corrected chi connectivity index (χ0v) is 12.5. The number of nitrogens with one attached hydrogen (secondary N) is 1. The van der Waals surface area contributed by atoms with Gasteiger partial charge in [-0.1, -0.05) is 23.2 Å². The third-order valence-corrected chi connectivity index (χ3v) is 3.43. The normalized spacial score (nSPS) is 10.3. The molecule has 6 heteroatoms. The van der Waals surface area contributed by atoms with Crippen LogP contribution in [0.1, 0.15) is 10.4 Å². The predicted molar refractivity (Wildman–Crippen MR) is 78.5 cm³/mol. The second-order valence-electron chi connectivity index (χ2n) is 3.74. The van der Waals surface area contributed by atoms with Crippen molar-refractivity contribution in [2.75, 3.05) is 5.32 Å².